The normalized spacial score (nSPS) is 28.4. The monoisotopic (exact) mass is 267 g/mol. The molecule has 0 spiro atoms. The van der Waals surface area contributed by atoms with Crippen molar-refractivity contribution in [1.82, 2.24) is 15.5 Å². The van der Waals surface area contributed by atoms with Crippen LogP contribution in [0.2, 0.25) is 0 Å². The molecular weight excluding hydrogens is 242 g/mol. The summed E-state index contributed by atoms with van der Waals surface area (Å²) in [6, 6.07) is -0.351. The van der Waals surface area contributed by atoms with Gasteiger partial charge in [-0.1, -0.05) is 13.8 Å². The third kappa shape index (κ3) is 3.54. The highest BCUT2D eigenvalue weighted by Crippen LogP contribution is 2.25. The highest BCUT2D eigenvalue weighted by atomic mass is 16.2. The van der Waals surface area contributed by atoms with E-state index in [9.17, 15) is 9.59 Å². The summed E-state index contributed by atoms with van der Waals surface area (Å²) in [6.45, 7) is 10.0. The molecule has 2 rings (SSSR count). The van der Waals surface area contributed by atoms with Gasteiger partial charge in [0.1, 0.15) is 0 Å². The van der Waals surface area contributed by atoms with Gasteiger partial charge in [-0.3, -0.25) is 14.5 Å². The minimum absolute atomic E-state index is 0.0261. The molecule has 1 amide bonds. The Bertz CT molecular complexity index is 345. The number of Topliss-reactive ketones (excluding diaryl/α,β-unsaturated/α-hetero) is 1. The summed E-state index contributed by atoms with van der Waals surface area (Å²) < 4.78 is 0. The topological polar surface area (TPSA) is 61.4 Å². The molecule has 2 heterocycles. The van der Waals surface area contributed by atoms with Crippen LogP contribution in [0.15, 0.2) is 0 Å². The molecule has 0 aliphatic carbocycles. The van der Waals surface area contributed by atoms with Gasteiger partial charge in [-0.05, 0) is 37.8 Å². The summed E-state index contributed by atoms with van der Waals surface area (Å²) in [7, 11) is 0. The van der Waals surface area contributed by atoms with Gasteiger partial charge in [0.2, 0.25) is 5.91 Å². The quantitative estimate of drug-likeness (QED) is 0.728. The zero-order chi connectivity index (χ0) is 14.0. The van der Waals surface area contributed by atoms with Gasteiger partial charge < -0.3 is 10.6 Å². The molecule has 2 fully saturated rings. The van der Waals surface area contributed by atoms with Crippen LogP contribution in [0.3, 0.4) is 0 Å². The van der Waals surface area contributed by atoms with E-state index in [1.165, 1.54) is 6.92 Å². The van der Waals surface area contributed by atoms with Crippen molar-refractivity contribution in [2.24, 2.45) is 17.8 Å². The van der Waals surface area contributed by atoms with Crippen molar-refractivity contribution in [3.05, 3.63) is 0 Å². The van der Waals surface area contributed by atoms with Crippen LogP contribution in [-0.2, 0) is 9.59 Å². The minimum atomic E-state index is -0.351. The average Bonchev–Trinajstić information content (AvgIpc) is 2.85. The van der Waals surface area contributed by atoms with Crippen LogP contribution in [0.1, 0.15) is 20.8 Å². The van der Waals surface area contributed by atoms with Crippen LogP contribution in [0, 0.1) is 17.8 Å². The van der Waals surface area contributed by atoms with Crippen molar-refractivity contribution < 1.29 is 9.59 Å². The lowest BCUT2D eigenvalue weighted by Gasteiger charge is -2.22. The summed E-state index contributed by atoms with van der Waals surface area (Å²) in [5.74, 6) is 1.54. The molecule has 3 atom stereocenters. The van der Waals surface area contributed by atoms with E-state index < -0.39 is 0 Å². The van der Waals surface area contributed by atoms with E-state index in [4.69, 9.17) is 0 Å². The Morgan fingerprint density at radius 3 is 2.32 bits per heavy atom. The summed E-state index contributed by atoms with van der Waals surface area (Å²) in [5, 5.41) is 6.25. The SMILES string of the molecule is CC(=O)C(NC(=O)CN1CC2CNCC2C1)C(C)C. The van der Waals surface area contributed by atoms with E-state index in [1.807, 2.05) is 13.8 Å². The molecule has 0 aromatic heterocycles. The van der Waals surface area contributed by atoms with Crippen molar-refractivity contribution in [2.45, 2.75) is 26.8 Å². The highest BCUT2D eigenvalue weighted by Gasteiger charge is 2.36. The zero-order valence-corrected chi connectivity index (χ0v) is 12.1. The maximum Gasteiger partial charge on any atom is 0.234 e. The maximum absolute atomic E-state index is 12.0. The standard InChI is InChI=1S/C14H25N3O2/c1-9(2)14(10(3)18)16-13(19)8-17-6-11-4-15-5-12(11)7-17/h9,11-12,14-15H,4-8H2,1-3H3,(H,16,19). The number of amides is 1. The average molecular weight is 267 g/mol. The van der Waals surface area contributed by atoms with Gasteiger partial charge in [0, 0.05) is 13.1 Å². The van der Waals surface area contributed by atoms with Gasteiger partial charge in [0.15, 0.2) is 5.78 Å². The number of carbonyl (C=O) groups excluding carboxylic acids is 2. The van der Waals surface area contributed by atoms with Crippen LogP contribution >= 0.6 is 0 Å². The lowest BCUT2D eigenvalue weighted by Crippen LogP contribution is -2.47. The highest BCUT2D eigenvalue weighted by molar-refractivity contribution is 5.88. The molecule has 2 aliphatic heterocycles. The van der Waals surface area contributed by atoms with E-state index in [-0.39, 0.29) is 23.7 Å². The lowest BCUT2D eigenvalue weighted by molar-refractivity contribution is -0.128. The first-order chi connectivity index (χ1) is 8.97. The number of likely N-dealkylation sites (tertiary alicyclic amines) is 1. The van der Waals surface area contributed by atoms with Gasteiger partial charge >= 0.3 is 0 Å². The van der Waals surface area contributed by atoms with Crippen LogP contribution < -0.4 is 10.6 Å². The van der Waals surface area contributed by atoms with E-state index >= 15 is 0 Å². The third-order valence-electron chi connectivity index (χ3n) is 4.25. The Morgan fingerprint density at radius 2 is 1.84 bits per heavy atom. The first-order valence-electron chi connectivity index (χ1n) is 7.20. The van der Waals surface area contributed by atoms with Gasteiger partial charge in [0.25, 0.3) is 0 Å². The smallest absolute Gasteiger partial charge is 0.234 e. The molecule has 5 nitrogen and oxygen atoms in total. The van der Waals surface area contributed by atoms with Crippen LogP contribution in [0.4, 0.5) is 0 Å². The Balaban J connectivity index is 1.80. The van der Waals surface area contributed by atoms with Crippen molar-refractivity contribution >= 4 is 11.7 Å². The second-order valence-corrected chi connectivity index (χ2v) is 6.27. The largest absolute Gasteiger partial charge is 0.345 e. The fraction of sp³-hybridized carbons (Fsp3) is 0.857. The first-order valence-corrected chi connectivity index (χ1v) is 7.20. The fourth-order valence-corrected chi connectivity index (χ4v) is 3.24. The van der Waals surface area contributed by atoms with Crippen molar-refractivity contribution in [3.63, 3.8) is 0 Å². The number of carbonyl (C=O) groups is 2. The van der Waals surface area contributed by atoms with E-state index in [0.29, 0.717) is 18.4 Å². The van der Waals surface area contributed by atoms with Gasteiger partial charge in [-0.15, -0.1) is 0 Å². The van der Waals surface area contributed by atoms with Crippen LogP contribution in [0.25, 0.3) is 0 Å². The Labute approximate surface area is 115 Å². The van der Waals surface area contributed by atoms with Gasteiger partial charge in [0.05, 0.1) is 12.6 Å². The first kappa shape index (κ1) is 14.5. The summed E-state index contributed by atoms with van der Waals surface area (Å²) in [4.78, 5) is 25.7. The third-order valence-corrected chi connectivity index (χ3v) is 4.25. The molecule has 108 valence electrons. The van der Waals surface area contributed by atoms with Gasteiger partial charge in [-0.2, -0.15) is 0 Å². The fourth-order valence-electron chi connectivity index (χ4n) is 3.24. The van der Waals surface area contributed by atoms with Crippen LogP contribution in [0.5, 0.6) is 0 Å². The van der Waals surface area contributed by atoms with Crippen molar-refractivity contribution in [3.8, 4) is 0 Å². The molecule has 3 unspecified atom stereocenters. The second kappa shape index (κ2) is 6.01. The van der Waals surface area contributed by atoms with E-state index in [2.05, 4.69) is 15.5 Å². The second-order valence-electron chi connectivity index (χ2n) is 6.27. The summed E-state index contributed by atoms with van der Waals surface area (Å²) >= 11 is 0. The lowest BCUT2D eigenvalue weighted by atomic mass is 10.0. The Hall–Kier alpha value is -0.940. The molecule has 5 heteroatoms. The van der Waals surface area contributed by atoms with E-state index in [0.717, 1.165) is 26.2 Å². The molecule has 0 aromatic carbocycles. The Kier molecular flexibility index (Phi) is 4.58. The molecule has 2 aliphatic rings. The minimum Gasteiger partial charge on any atom is -0.345 e. The number of hydrogen-bond acceptors (Lipinski definition) is 4. The number of rotatable bonds is 5. The molecule has 0 bridgehead atoms. The number of nitrogens with zero attached hydrogens (tertiary/aromatic N) is 1. The maximum atomic E-state index is 12.0. The van der Waals surface area contributed by atoms with Crippen molar-refractivity contribution in [1.29, 1.82) is 0 Å². The summed E-state index contributed by atoms with van der Waals surface area (Å²) in [5.41, 5.74) is 0. The molecular formula is C14H25N3O2. The molecule has 2 saturated heterocycles. The number of ketones is 1. The predicted molar refractivity (Wildman–Crippen MR) is 73.7 cm³/mol. The Morgan fingerprint density at radius 1 is 1.26 bits per heavy atom. The molecule has 2 N–H and O–H groups in total. The van der Waals surface area contributed by atoms with Crippen molar-refractivity contribution in [2.75, 3.05) is 32.7 Å². The predicted octanol–water partition coefficient (Wildman–Crippen LogP) is -0.133. The number of nitrogens with one attached hydrogen (secondary N) is 2. The molecule has 19 heavy (non-hydrogen) atoms. The van der Waals surface area contributed by atoms with Gasteiger partial charge in [-0.25, -0.2) is 0 Å². The van der Waals surface area contributed by atoms with E-state index in [1.54, 1.807) is 0 Å². The molecule has 0 aromatic rings. The zero-order valence-electron chi connectivity index (χ0n) is 12.1. The summed E-state index contributed by atoms with van der Waals surface area (Å²) in [6.07, 6.45) is 0. The molecule has 0 saturated carbocycles. The number of hydrogen-bond donors (Lipinski definition) is 2. The number of fused-ring (bicyclic) bond motifs is 1. The molecule has 0 radical (unpaired) electrons. The van der Waals surface area contributed by atoms with Crippen LogP contribution in [-0.4, -0.2) is 55.4 Å².